The molecule has 2 amide bonds. The average Bonchev–Trinajstić information content (AvgIpc) is 2.29. The van der Waals surface area contributed by atoms with Crippen LogP contribution in [0.25, 0.3) is 0 Å². The second kappa shape index (κ2) is 6.85. The van der Waals surface area contributed by atoms with Crippen molar-refractivity contribution in [3.63, 3.8) is 0 Å². The van der Waals surface area contributed by atoms with Crippen molar-refractivity contribution in [1.29, 1.82) is 0 Å². The average molecular weight is 244 g/mol. The number of hydrogen-bond acceptors (Lipinski definition) is 4. The summed E-state index contributed by atoms with van der Waals surface area (Å²) >= 11 is 0. The Morgan fingerprint density at radius 1 is 1.41 bits per heavy atom. The Kier molecular flexibility index (Phi) is 5.41. The summed E-state index contributed by atoms with van der Waals surface area (Å²) < 4.78 is 5.14. The second-order valence-corrected chi connectivity index (χ2v) is 3.83. The van der Waals surface area contributed by atoms with Crippen LogP contribution in [0.15, 0.2) is 0 Å². The lowest BCUT2D eigenvalue weighted by Crippen LogP contribution is -2.44. The van der Waals surface area contributed by atoms with Crippen LogP contribution in [0.1, 0.15) is 19.3 Å². The normalized spacial score (nSPS) is 18.1. The van der Waals surface area contributed by atoms with Gasteiger partial charge >= 0.3 is 5.97 Å². The van der Waals surface area contributed by atoms with E-state index in [2.05, 4.69) is 10.6 Å². The van der Waals surface area contributed by atoms with Crippen molar-refractivity contribution in [2.75, 3.05) is 13.2 Å². The number of carbonyl (C=O) groups is 3. The van der Waals surface area contributed by atoms with Gasteiger partial charge in [0.15, 0.2) is 0 Å². The number of carboxylic acids is 1. The summed E-state index contributed by atoms with van der Waals surface area (Å²) in [6, 6.07) is -1.14. The fourth-order valence-corrected chi connectivity index (χ4v) is 1.61. The number of carboxylic acid groups (broad SMARTS) is 1. The summed E-state index contributed by atoms with van der Waals surface area (Å²) in [4.78, 5) is 32.4. The molecule has 0 aromatic carbocycles. The smallest absolute Gasteiger partial charge is 0.326 e. The number of aliphatic carboxylic acids is 1. The molecule has 96 valence electrons. The van der Waals surface area contributed by atoms with Crippen LogP contribution in [-0.4, -0.2) is 48.7 Å². The molecule has 1 atom stereocenters. The molecule has 7 nitrogen and oxygen atoms in total. The van der Waals surface area contributed by atoms with Crippen LogP contribution >= 0.6 is 0 Å². The first-order valence-electron chi connectivity index (χ1n) is 5.43. The largest absolute Gasteiger partial charge is 0.480 e. The zero-order valence-corrected chi connectivity index (χ0v) is 9.35. The molecule has 1 rings (SSSR count). The Morgan fingerprint density at radius 3 is 2.59 bits per heavy atom. The van der Waals surface area contributed by atoms with Crippen molar-refractivity contribution in [1.82, 2.24) is 10.6 Å². The van der Waals surface area contributed by atoms with E-state index in [9.17, 15) is 14.4 Å². The van der Waals surface area contributed by atoms with Gasteiger partial charge in [-0.05, 0) is 12.8 Å². The highest BCUT2D eigenvalue weighted by Gasteiger charge is 2.22. The highest BCUT2D eigenvalue weighted by atomic mass is 16.5. The van der Waals surface area contributed by atoms with Crippen LogP contribution in [0.2, 0.25) is 0 Å². The molecule has 1 aliphatic rings. The molecule has 7 heteroatoms. The Bertz CT molecular complexity index is 288. The van der Waals surface area contributed by atoms with Gasteiger partial charge in [0.25, 0.3) is 0 Å². The standard InChI is InChI=1S/C10H16N2O5/c13-6-11-8(10(15)16)5-9(14)12-7-1-3-17-4-2-7/h6-8H,1-5H2,(H,11,13)(H,12,14)(H,15,16). The van der Waals surface area contributed by atoms with E-state index < -0.39 is 12.0 Å². The highest BCUT2D eigenvalue weighted by molar-refractivity contribution is 5.85. The molecular formula is C10H16N2O5. The molecule has 17 heavy (non-hydrogen) atoms. The van der Waals surface area contributed by atoms with Crippen LogP contribution in [0.4, 0.5) is 0 Å². The van der Waals surface area contributed by atoms with Crippen molar-refractivity contribution < 1.29 is 24.2 Å². The molecule has 1 heterocycles. The van der Waals surface area contributed by atoms with E-state index in [0.29, 0.717) is 13.2 Å². The quantitative estimate of drug-likeness (QED) is 0.513. The lowest BCUT2D eigenvalue weighted by atomic mass is 10.1. The first kappa shape index (κ1) is 13.4. The monoisotopic (exact) mass is 244 g/mol. The van der Waals surface area contributed by atoms with Gasteiger partial charge in [-0.15, -0.1) is 0 Å². The molecule has 0 bridgehead atoms. The number of amides is 2. The van der Waals surface area contributed by atoms with E-state index in [0.717, 1.165) is 12.8 Å². The van der Waals surface area contributed by atoms with Crippen LogP contribution in [0, 0.1) is 0 Å². The molecule has 0 aromatic rings. The molecule has 1 aliphatic heterocycles. The zero-order valence-electron chi connectivity index (χ0n) is 9.35. The lowest BCUT2D eigenvalue weighted by Gasteiger charge is -2.23. The number of ether oxygens (including phenoxy) is 1. The Hall–Kier alpha value is -1.63. The van der Waals surface area contributed by atoms with Gasteiger partial charge < -0.3 is 20.5 Å². The van der Waals surface area contributed by atoms with Crippen LogP contribution < -0.4 is 10.6 Å². The molecule has 0 aliphatic carbocycles. The predicted octanol–water partition coefficient (Wildman–Crippen LogP) is -1.13. The second-order valence-electron chi connectivity index (χ2n) is 3.83. The van der Waals surface area contributed by atoms with Gasteiger partial charge in [-0.25, -0.2) is 4.79 Å². The molecule has 1 saturated heterocycles. The predicted molar refractivity (Wildman–Crippen MR) is 57.2 cm³/mol. The minimum atomic E-state index is -1.22. The van der Waals surface area contributed by atoms with E-state index >= 15 is 0 Å². The van der Waals surface area contributed by atoms with Crippen LogP contribution in [-0.2, 0) is 19.1 Å². The van der Waals surface area contributed by atoms with Crippen molar-refractivity contribution in [2.45, 2.75) is 31.3 Å². The topological polar surface area (TPSA) is 105 Å². The summed E-state index contributed by atoms with van der Waals surface area (Å²) in [5, 5.41) is 13.5. The van der Waals surface area contributed by atoms with Gasteiger partial charge in [-0.2, -0.15) is 0 Å². The van der Waals surface area contributed by atoms with Gasteiger partial charge in [-0.3, -0.25) is 9.59 Å². The molecular weight excluding hydrogens is 228 g/mol. The molecule has 3 N–H and O–H groups in total. The summed E-state index contributed by atoms with van der Waals surface area (Å²) in [5.41, 5.74) is 0. The lowest BCUT2D eigenvalue weighted by molar-refractivity contribution is -0.142. The SMILES string of the molecule is O=CNC(CC(=O)NC1CCOCC1)C(=O)O. The Morgan fingerprint density at radius 2 is 2.06 bits per heavy atom. The number of carbonyl (C=O) groups excluding carboxylic acids is 2. The molecule has 0 spiro atoms. The van der Waals surface area contributed by atoms with E-state index in [1.54, 1.807) is 0 Å². The third kappa shape index (κ3) is 4.81. The van der Waals surface area contributed by atoms with Crippen molar-refractivity contribution in [3.05, 3.63) is 0 Å². The van der Waals surface area contributed by atoms with E-state index in [-0.39, 0.29) is 24.8 Å². The Balaban J connectivity index is 2.35. The summed E-state index contributed by atoms with van der Waals surface area (Å²) in [5.74, 6) is -1.60. The number of rotatable bonds is 6. The molecule has 0 radical (unpaired) electrons. The summed E-state index contributed by atoms with van der Waals surface area (Å²) in [6.07, 6.45) is 1.47. The maximum absolute atomic E-state index is 11.5. The molecule has 0 aromatic heterocycles. The molecule has 0 saturated carbocycles. The third-order valence-corrected chi connectivity index (χ3v) is 2.54. The van der Waals surface area contributed by atoms with Crippen molar-refractivity contribution in [3.8, 4) is 0 Å². The maximum Gasteiger partial charge on any atom is 0.326 e. The van der Waals surface area contributed by atoms with Gasteiger partial charge in [0.2, 0.25) is 12.3 Å². The van der Waals surface area contributed by atoms with E-state index in [1.807, 2.05) is 0 Å². The first-order chi connectivity index (χ1) is 8.13. The molecule has 1 unspecified atom stereocenters. The number of nitrogens with one attached hydrogen (secondary N) is 2. The van der Waals surface area contributed by atoms with Crippen LogP contribution in [0.5, 0.6) is 0 Å². The van der Waals surface area contributed by atoms with Crippen molar-refractivity contribution >= 4 is 18.3 Å². The number of hydrogen-bond donors (Lipinski definition) is 3. The minimum Gasteiger partial charge on any atom is -0.480 e. The maximum atomic E-state index is 11.5. The molecule has 1 fully saturated rings. The van der Waals surface area contributed by atoms with Crippen LogP contribution in [0.3, 0.4) is 0 Å². The Labute approximate surface area is 98.5 Å². The van der Waals surface area contributed by atoms with Gasteiger partial charge in [-0.1, -0.05) is 0 Å². The first-order valence-corrected chi connectivity index (χ1v) is 5.43. The third-order valence-electron chi connectivity index (χ3n) is 2.54. The van der Waals surface area contributed by atoms with Gasteiger partial charge in [0.1, 0.15) is 6.04 Å². The van der Waals surface area contributed by atoms with Gasteiger partial charge in [0, 0.05) is 19.3 Å². The van der Waals surface area contributed by atoms with E-state index in [4.69, 9.17) is 9.84 Å². The summed E-state index contributed by atoms with van der Waals surface area (Å²) in [6.45, 7) is 1.19. The van der Waals surface area contributed by atoms with Gasteiger partial charge in [0.05, 0.1) is 6.42 Å². The summed E-state index contributed by atoms with van der Waals surface area (Å²) in [7, 11) is 0. The minimum absolute atomic E-state index is 0.0296. The fourth-order valence-electron chi connectivity index (χ4n) is 1.61. The zero-order chi connectivity index (χ0) is 12.7. The van der Waals surface area contributed by atoms with E-state index in [1.165, 1.54) is 0 Å². The fraction of sp³-hybridized carbons (Fsp3) is 0.700. The highest BCUT2D eigenvalue weighted by Crippen LogP contribution is 2.06. The van der Waals surface area contributed by atoms with Crippen molar-refractivity contribution in [2.24, 2.45) is 0 Å².